The van der Waals surface area contributed by atoms with Gasteiger partial charge in [-0.2, -0.15) is 0 Å². The molecule has 6 heteroatoms. The number of hydrogen-bond donors (Lipinski definition) is 2. The molecule has 0 aliphatic heterocycles. The Balaban J connectivity index is 1.74. The fraction of sp³-hybridized carbons (Fsp3) is 0.133. The third-order valence-corrected chi connectivity index (χ3v) is 3.26. The molecular formula is C15H14N4O2. The maximum Gasteiger partial charge on any atom is 0.251 e. The zero-order valence-electron chi connectivity index (χ0n) is 11.4. The number of amides is 1. The van der Waals surface area contributed by atoms with E-state index in [9.17, 15) is 10.0 Å². The van der Waals surface area contributed by atoms with E-state index in [1.165, 1.54) is 5.56 Å². The molecule has 0 atom stereocenters. The lowest BCUT2D eigenvalue weighted by Gasteiger charge is -2.06. The van der Waals surface area contributed by atoms with Crippen molar-refractivity contribution in [3.63, 3.8) is 0 Å². The lowest BCUT2D eigenvalue weighted by Crippen LogP contribution is -2.22. The van der Waals surface area contributed by atoms with Crippen molar-refractivity contribution in [3.8, 4) is 0 Å². The normalized spacial score (nSPS) is 10.7. The molecule has 0 saturated carbocycles. The molecule has 2 N–H and O–H groups in total. The molecule has 0 bridgehead atoms. The second-order valence-electron chi connectivity index (χ2n) is 4.85. The first-order valence-electron chi connectivity index (χ1n) is 6.52. The zero-order valence-corrected chi connectivity index (χ0v) is 11.4. The highest BCUT2D eigenvalue weighted by Crippen LogP contribution is 2.12. The van der Waals surface area contributed by atoms with Crippen LogP contribution < -0.4 is 5.32 Å². The maximum absolute atomic E-state index is 12.1. The molecule has 3 rings (SSSR count). The highest BCUT2D eigenvalue weighted by atomic mass is 16.5. The quantitative estimate of drug-likeness (QED) is 0.719. The van der Waals surface area contributed by atoms with Crippen molar-refractivity contribution in [2.75, 3.05) is 0 Å². The SMILES string of the molecule is Cc1ccc(CNC(=O)c2ccc3nnn(O)c3c2)cc1. The number of carbonyl (C=O) groups excluding carboxylic acids is 1. The first kappa shape index (κ1) is 13.1. The second kappa shape index (κ2) is 5.24. The van der Waals surface area contributed by atoms with E-state index in [0.29, 0.717) is 28.0 Å². The molecule has 3 aromatic rings. The summed E-state index contributed by atoms with van der Waals surface area (Å²) in [6.45, 7) is 2.47. The van der Waals surface area contributed by atoms with Crippen molar-refractivity contribution >= 4 is 16.9 Å². The molecule has 0 aliphatic rings. The van der Waals surface area contributed by atoms with Crippen LogP contribution in [0.2, 0.25) is 0 Å². The van der Waals surface area contributed by atoms with E-state index < -0.39 is 0 Å². The number of carbonyl (C=O) groups is 1. The van der Waals surface area contributed by atoms with Crippen LogP contribution in [-0.2, 0) is 6.54 Å². The van der Waals surface area contributed by atoms with Crippen LogP contribution >= 0.6 is 0 Å². The minimum absolute atomic E-state index is 0.210. The fourth-order valence-corrected chi connectivity index (χ4v) is 2.04. The summed E-state index contributed by atoms with van der Waals surface area (Å²) < 4.78 is 0. The third kappa shape index (κ3) is 2.69. The van der Waals surface area contributed by atoms with Crippen molar-refractivity contribution < 1.29 is 10.0 Å². The van der Waals surface area contributed by atoms with Gasteiger partial charge in [0.1, 0.15) is 11.0 Å². The van der Waals surface area contributed by atoms with E-state index in [1.807, 2.05) is 31.2 Å². The number of nitrogens with zero attached hydrogens (tertiary/aromatic N) is 3. The summed E-state index contributed by atoms with van der Waals surface area (Å²) in [4.78, 5) is 12.8. The minimum Gasteiger partial charge on any atom is -0.410 e. The predicted molar refractivity (Wildman–Crippen MR) is 77.1 cm³/mol. The van der Waals surface area contributed by atoms with Gasteiger partial charge in [0.2, 0.25) is 0 Å². The molecule has 1 aromatic heterocycles. The Kier molecular flexibility index (Phi) is 3.27. The Hall–Kier alpha value is -2.89. The number of aryl methyl sites for hydroxylation is 1. The van der Waals surface area contributed by atoms with E-state index >= 15 is 0 Å². The monoisotopic (exact) mass is 282 g/mol. The van der Waals surface area contributed by atoms with Gasteiger partial charge in [-0.15, -0.1) is 5.10 Å². The Morgan fingerprint density at radius 2 is 2.00 bits per heavy atom. The Morgan fingerprint density at radius 1 is 1.24 bits per heavy atom. The van der Waals surface area contributed by atoms with Crippen molar-refractivity contribution in [2.24, 2.45) is 0 Å². The van der Waals surface area contributed by atoms with Gasteiger partial charge in [0.05, 0.1) is 0 Å². The molecule has 0 spiro atoms. The summed E-state index contributed by atoms with van der Waals surface area (Å²) in [7, 11) is 0. The van der Waals surface area contributed by atoms with Crippen LogP contribution in [0, 0.1) is 6.92 Å². The standard InChI is InChI=1S/C15H14N4O2/c1-10-2-4-11(5-3-10)9-16-15(20)12-6-7-13-14(8-12)19(21)18-17-13/h2-8,21H,9H2,1H3,(H,16,20). The molecule has 106 valence electrons. The van der Waals surface area contributed by atoms with Gasteiger partial charge in [0, 0.05) is 12.1 Å². The topological polar surface area (TPSA) is 80.0 Å². The van der Waals surface area contributed by atoms with Crippen LogP contribution in [0.4, 0.5) is 0 Å². The van der Waals surface area contributed by atoms with E-state index in [4.69, 9.17) is 0 Å². The van der Waals surface area contributed by atoms with Crippen LogP contribution in [0.3, 0.4) is 0 Å². The van der Waals surface area contributed by atoms with Crippen molar-refractivity contribution in [3.05, 3.63) is 59.2 Å². The Labute approximate surface area is 121 Å². The summed E-state index contributed by atoms with van der Waals surface area (Å²) in [5, 5.41) is 19.5. The first-order chi connectivity index (χ1) is 10.1. The summed E-state index contributed by atoms with van der Waals surface area (Å²) in [6, 6.07) is 12.8. The smallest absolute Gasteiger partial charge is 0.251 e. The molecule has 0 fully saturated rings. The van der Waals surface area contributed by atoms with Gasteiger partial charge in [-0.1, -0.05) is 34.7 Å². The third-order valence-electron chi connectivity index (χ3n) is 3.26. The second-order valence-corrected chi connectivity index (χ2v) is 4.85. The molecule has 0 unspecified atom stereocenters. The average molecular weight is 282 g/mol. The Bertz CT molecular complexity index is 793. The molecule has 1 amide bonds. The van der Waals surface area contributed by atoms with E-state index in [-0.39, 0.29) is 5.91 Å². The van der Waals surface area contributed by atoms with Crippen LogP contribution in [0.25, 0.3) is 11.0 Å². The number of rotatable bonds is 3. The first-order valence-corrected chi connectivity index (χ1v) is 6.52. The molecule has 2 aromatic carbocycles. The van der Waals surface area contributed by atoms with Crippen LogP contribution in [0.15, 0.2) is 42.5 Å². The minimum atomic E-state index is -0.210. The van der Waals surface area contributed by atoms with Gasteiger partial charge < -0.3 is 10.5 Å². The lowest BCUT2D eigenvalue weighted by molar-refractivity contribution is 0.0951. The van der Waals surface area contributed by atoms with Crippen LogP contribution in [0.1, 0.15) is 21.5 Å². The van der Waals surface area contributed by atoms with E-state index in [1.54, 1.807) is 18.2 Å². The van der Waals surface area contributed by atoms with Crippen molar-refractivity contribution in [1.29, 1.82) is 0 Å². The highest BCUT2D eigenvalue weighted by Gasteiger charge is 2.09. The molecule has 1 heterocycles. The van der Waals surface area contributed by atoms with Crippen molar-refractivity contribution in [2.45, 2.75) is 13.5 Å². The number of fused-ring (bicyclic) bond motifs is 1. The summed E-state index contributed by atoms with van der Waals surface area (Å²) in [5.74, 6) is -0.210. The molecule has 6 nitrogen and oxygen atoms in total. The molecule has 0 aliphatic carbocycles. The lowest BCUT2D eigenvalue weighted by atomic mass is 10.1. The van der Waals surface area contributed by atoms with Gasteiger partial charge in [0.25, 0.3) is 5.91 Å². The zero-order chi connectivity index (χ0) is 14.8. The van der Waals surface area contributed by atoms with Crippen LogP contribution in [0.5, 0.6) is 0 Å². The number of benzene rings is 2. The predicted octanol–water partition coefficient (Wildman–Crippen LogP) is 1.91. The summed E-state index contributed by atoms with van der Waals surface area (Å²) in [6.07, 6.45) is 0. The number of hydrogen-bond acceptors (Lipinski definition) is 4. The molecule has 0 saturated heterocycles. The van der Waals surface area contributed by atoms with Crippen molar-refractivity contribution in [1.82, 2.24) is 20.5 Å². The average Bonchev–Trinajstić information content (AvgIpc) is 2.87. The number of aromatic nitrogens is 3. The van der Waals surface area contributed by atoms with E-state index in [0.717, 1.165) is 5.56 Å². The highest BCUT2D eigenvalue weighted by molar-refractivity contribution is 5.97. The number of nitrogens with one attached hydrogen (secondary N) is 1. The van der Waals surface area contributed by atoms with Gasteiger partial charge in [-0.3, -0.25) is 4.79 Å². The maximum atomic E-state index is 12.1. The van der Waals surface area contributed by atoms with Gasteiger partial charge >= 0.3 is 0 Å². The fourth-order valence-electron chi connectivity index (χ4n) is 2.04. The molecule has 21 heavy (non-hydrogen) atoms. The van der Waals surface area contributed by atoms with Crippen LogP contribution in [-0.4, -0.2) is 26.3 Å². The van der Waals surface area contributed by atoms with E-state index in [2.05, 4.69) is 15.6 Å². The van der Waals surface area contributed by atoms with Gasteiger partial charge in [0.15, 0.2) is 0 Å². The van der Waals surface area contributed by atoms with Gasteiger partial charge in [-0.25, -0.2) is 0 Å². The largest absolute Gasteiger partial charge is 0.410 e. The molecular weight excluding hydrogens is 268 g/mol. The Morgan fingerprint density at radius 3 is 2.76 bits per heavy atom. The van der Waals surface area contributed by atoms with Gasteiger partial charge in [-0.05, 0) is 35.9 Å². The summed E-state index contributed by atoms with van der Waals surface area (Å²) in [5.41, 5.74) is 3.60. The molecule has 0 radical (unpaired) electrons. The summed E-state index contributed by atoms with van der Waals surface area (Å²) >= 11 is 0.